The largest absolute Gasteiger partial charge is 0.0924 e. The molecule has 90 valence electrons. The molecule has 2 aromatic rings. The molecule has 0 radical (unpaired) electrons. The third-order valence-corrected chi connectivity index (χ3v) is 3.27. The Balaban J connectivity index is 0.000000171. The Morgan fingerprint density at radius 2 is 1.12 bits per heavy atom. The van der Waals surface area contributed by atoms with Crippen molar-refractivity contribution in [3.05, 3.63) is 71.8 Å². The second-order valence-electron chi connectivity index (χ2n) is 3.54. The van der Waals surface area contributed by atoms with Crippen LogP contribution in [0.3, 0.4) is 0 Å². The molecule has 0 saturated heterocycles. The predicted octanol–water partition coefficient (Wildman–Crippen LogP) is 5.21. The number of rotatable bonds is 3. The fourth-order valence-corrected chi connectivity index (χ4v) is 2.15. The van der Waals surface area contributed by atoms with Crippen molar-refractivity contribution < 1.29 is 0 Å². The molecular weight excluding hydrogens is 340 g/mol. The molecule has 2 aromatic carbocycles. The van der Waals surface area contributed by atoms with E-state index in [9.17, 15) is 0 Å². The first kappa shape index (κ1) is 14.5. The van der Waals surface area contributed by atoms with Crippen LogP contribution >= 0.6 is 31.9 Å². The highest BCUT2D eigenvalue weighted by molar-refractivity contribution is 9.09. The Labute approximate surface area is 120 Å². The van der Waals surface area contributed by atoms with Gasteiger partial charge in [0.15, 0.2) is 0 Å². The van der Waals surface area contributed by atoms with Gasteiger partial charge < -0.3 is 0 Å². The van der Waals surface area contributed by atoms with Crippen molar-refractivity contribution in [2.45, 2.75) is 11.8 Å². The molecule has 0 heterocycles. The lowest BCUT2D eigenvalue weighted by molar-refractivity contribution is 1.17. The fraction of sp³-hybridized carbons (Fsp3) is 0.200. The fourth-order valence-electron chi connectivity index (χ4n) is 1.32. The molecular formula is C15H16Br2. The number of aryl methyl sites for hydroxylation is 1. The van der Waals surface area contributed by atoms with Gasteiger partial charge in [0.1, 0.15) is 0 Å². The molecule has 0 aliphatic carbocycles. The van der Waals surface area contributed by atoms with Gasteiger partial charge in [-0.3, -0.25) is 0 Å². The molecule has 0 saturated carbocycles. The maximum absolute atomic E-state index is 3.39. The van der Waals surface area contributed by atoms with Gasteiger partial charge in [-0.1, -0.05) is 92.5 Å². The van der Waals surface area contributed by atoms with Crippen LogP contribution in [0.1, 0.15) is 11.1 Å². The Hall–Kier alpha value is -0.600. The summed E-state index contributed by atoms with van der Waals surface area (Å²) in [6, 6.07) is 20.7. The van der Waals surface area contributed by atoms with Crippen molar-refractivity contribution in [1.29, 1.82) is 0 Å². The molecule has 0 aliphatic heterocycles. The van der Waals surface area contributed by atoms with Crippen LogP contribution in [0, 0.1) is 0 Å². The maximum atomic E-state index is 3.39. The lowest BCUT2D eigenvalue weighted by Crippen LogP contribution is -1.82. The van der Waals surface area contributed by atoms with Crippen molar-refractivity contribution in [1.82, 2.24) is 0 Å². The van der Waals surface area contributed by atoms with Gasteiger partial charge in [0.05, 0.1) is 0 Å². The second kappa shape index (κ2) is 9.43. The smallest absolute Gasteiger partial charge is 0.0283 e. The van der Waals surface area contributed by atoms with E-state index in [0.29, 0.717) is 0 Å². The lowest BCUT2D eigenvalue weighted by atomic mass is 10.2. The standard InChI is InChI=1S/C8H9Br.C7H7Br/c9-7-6-8-4-2-1-3-5-8;8-6-7-4-2-1-3-5-7/h1-5H,6-7H2;1-5H,6H2. The second-order valence-corrected chi connectivity index (χ2v) is 4.90. The van der Waals surface area contributed by atoms with E-state index in [0.717, 1.165) is 17.1 Å². The third kappa shape index (κ3) is 6.64. The zero-order valence-corrected chi connectivity index (χ0v) is 12.8. The summed E-state index contributed by atoms with van der Waals surface area (Å²) in [7, 11) is 0. The molecule has 0 bridgehead atoms. The summed E-state index contributed by atoms with van der Waals surface area (Å²) >= 11 is 6.74. The average molecular weight is 356 g/mol. The summed E-state index contributed by atoms with van der Waals surface area (Å²) in [5.74, 6) is 0. The van der Waals surface area contributed by atoms with E-state index in [1.54, 1.807) is 0 Å². The van der Waals surface area contributed by atoms with Crippen LogP contribution in [-0.4, -0.2) is 5.33 Å². The molecule has 0 unspecified atom stereocenters. The molecule has 0 spiro atoms. The third-order valence-electron chi connectivity index (χ3n) is 2.22. The van der Waals surface area contributed by atoms with Crippen LogP contribution in [0.5, 0.6) is 0 Å². The van der Waals surface area contributed by atoms with E-state index < -0.39 is 0 Å². The zero-order valence-electron chi connectivity index (χ0n) is 9.65. The quantitative estimate of drug-likeness (QED) is 0.663. The van der Waals surface area contributed by atoms with E-state index in [1.165, 1.54) is 11.1 Å². The number of hydrogen-bond acceptors (Lipinski definition) is 0. The average Bonchev–Trinajstić information content (AvgIpc) is 2.42. The highest BCUT2D eigenvalue weighted by atomic mass is 79.9. The maximum Gasteiger partial charge on any atom is 0.0283 e. The molecule has 2 rings (SSSR count). The van der Waals surface area contributed by atoms with Gasteiger partial charge in [-0.25, -0.2) is 0 Å². The SMILES string of the molecule is BrCCc1ccccc1.BrCc1ccccc1. The van der Waals surface area contributed by atoms with Crippen LogP contribution in [0.15, 0.2) is 60.7 Å². The lowest BCUT2D eigenvalue weighted by Gasteiger charge is -1.92. The van der Waals surface area contributed by atoms with E-state index in [4.69, 9.17) is 0 Å². The first-order valence-electron chi connectivity index (χ1n) is 5.56. The summed E-state index contributed by atoms with van der Waals surface area (Å²) in [4.78, 5) is 0. The zero-order chi connectivity index (χ0) is 12.3. The van der Waals surface area contributed by atoms with E-state index in [1.807, 2.05) is 24.3 Å². The Kier molecular flexibility index (Phi) is 8.02. The van der Waals surface area contributed by atoms with Crippen LogP contribution in [0.25, 0.3) is 0 Å². The van der Waals surface area contributed by atoms with Crippen LogP contribution in [-0.2, 0) is 11.8 Å². The van der Waals surface area contributed by atoms with Gasteiger partial charge in [-0.05, 0) is 17.5 Å². The summed E-state index contributed by atoms with van der Waals surface area (Å²) in [5, 5.41) is 2.00. The molecule has 2 heteroatoms. The topological polar surface area (TPSA) is 0 Å². The highest BCUT2D eigenvalue weighted by Gasteiger charge is 1.85. The van der Waals surface area contributed by atoms with Crippen molar-refractivity contribution >= 4 is 31.9 Å². The molecule has 0 aromatic heterocycles. The van der Waals surface area contributed by atoms with Crippen LogP contribution in [0.4, 0.5) is 0 Å². The van der Waals surface area contributed by atoms with Gasteiger partial charge >= 0.3 is 0 Å². The molecule has 0 atom stereocenters. The summed E-state index contributed by atoms with van der Waals surface area (Å²) in [5.41, 5.74) is 2.72. The number of benzene rings is 2. The van der Waals surface area contributed by atoms with Gasteiger partial charge in [-0.2, -0.15) is 0 Å². The molecule has 0 amide bonds. The van der Waals surface area contributed by atoms with Crippen LogP contribution in [0.2, 0.25) is 0 Å². The number of halogens is 2. The minimum atomic E-state index is 0.952. The Bertz CT molecular complexity index is 384. The number of hydrogen-bond donors (Lipinski definition) is 0. The van der Waals surface area contributed by atoms with E-state index >= 15 is 0 Å². The van der Waals surface area contributed by atoms with Crippen molar-refractivity contribution in [2.75, 3.05) is 5.33 Å². The first-order valence-corrected chi connectivity index (χ1v) is 7.81. The highest BCUT2D eigenvalue weighted by Crippen LogP contribution is 2.02. The van der Waals surface area contributed by atoms with Crippen molar-refractivity contribution in [3.63, 3.8) is 0 Å². The minimum Gasteiger partial charge on any atom is -0.0924 e. The summed E-state index contributed by atoms with van der Waals surface area (Å²) < 4.78 is 0. The predicted molar refractivity (Wildman–Crippen MR) is 83.0 cm³/mol. The summed E-state index contributed by atoms with van der Waals surface area (Å²) in [6.07, 6.45) is 1.13. The first-order chi connectivity index (χ1) is 8.36. The molecule has 17 heavy (non-hydrogen) atoms. The molecule has 0 fully saturated rings. The van der Waals surface area contributed by atoms with Gasteiger partial charge in [0.2, 0.25) is 0 Å². The summed E-state index contributed by atoms with van der Waals surface area (Å²) in [6.45, 7) is 0. The van der Waals surface area contributed by atoms with Crippen molar-refractivity contribution in [2.24, 2.45) is 0 Å². The Morgan fingerprint density at radius 3 is 1.47 bits per heavy atom. The van der Waals surface area contributed by atoms with Gasteiger partial charge in [0, 0.05) is 10.7 Å². The molecule has 0 aliphatic rings. The van der Waals surface area contributed by atoms with E-state index in [2.05, 4.69) is 68.3 Å². The Morgan fingerprint density at radius 1 is 0.647 bits per heavy atom. The normalized spacial score (nSPS) is 9.29. The van der Waals surface area contributed by atoms with Gasteiger partial charge in [-0.15, -0.1) is 0 Å². The molecule has 0 N–H and O–H groups in total. The minimum absolute atomic E-state index is 0.952. The molecule has 0 nitrogen and oxygen atoms in total. The monoisotopic (exact) mass is 354 g/mol. The van der Waals surface area contributed by atoms with Crippen LogP contribution < -0.4 is 0 Å². The van der Waals surface area contributed by atoms with E-state index in [-0.39, 0.29) is 0 Å². The number of alkyl halides is 2. The van der Waals surface area contributed by atoms with Gasteiger partial charge in [0.25, 0.3) is 0 Å². The van der Waals surface area contributed by atoms with Crippen molar-refractivity contribution in [3.8, 4) is 0 Å².